The van der Waals surface area contributed by atoms with Gasteiger partial charge in [-0.1, -0.05) is 23.7 Å². The Morgan fingerprint density at radius 2 is 2.07 bits per heavy atom. The number of benzene rings is 2. The number of carbonyl (C=O) groups excluding carboxylic acids is 1. The number of nitrogen functional groups attached to an aromatic ring is 1. The quantitative estimate of drug-likeness (QED) is 0.503. The van der Waals surface area contributed by atoms with Gasteiger partial charge in [0.2, 0.25) is 11.9 Å². The zero-order valence-corrected chi connectivity index (χ0v) is 15.7. The molecular formula is C21H19ClN4O. The third-order valence-electron chi connectivity index (χ3n) is 4.19. The van der Waals surface area contributed by atoms with Gasteiger partial charge in [0.05, 0.1) is 11.2 Å². The van der Waals surface area contributed by atoms with Gasteiger partial charge < -0.3 is 11.1 Å². The predicted octanol–water partition coefficient (Wildman–Crippen LogP) is 4.58. The molecule has 0 atom stereocenters. The molecule has 136 valence electrons. The summed E-state index contributed by atoms with van der Waals surface area (Å²) in [7, 11) is 0. The van der Waals surface area contributed by atoms with Crippen molar-refractivity contribution in [3.8, 4) is 23.6 Å². The molecule has 1 aromatic heterocycles. The lowest BCUT2D eigenvalue weighted by atomic mass is 10.0. The highest BCUT2D eigenvalue weighted by Crippen LogP contribution is 2.31. The van der Waals surface area contributed by atoms with Crippen LogP contribution in [0.3, 0.4) is 0 Å². The fourth-order valence-electron chi connectivity index (χ4n) is 2.81. The Kier molecular flexibility index (Phi) is 5.58. The number of hydrogen-bond donors (Lipinski definition) is 2. The number of hydrogen-bond acceptors (Lipinski definition) is 4. The Morgan fingerprint density at radius 1 is 1.26 bits per heavy atom. The van der Waals surface area contributed by atoms with E-state index in [9.17, 15) is 4.79 Å². The lowest BCUT2D eigenvalue weighted by Gasteiger charge is -2.12. The van der Waals surface area contributed by atoms with Crippen molar-refractivity contribution in [1.82, 2.24) is 9.97 Å². The molecule has 5 nitrogen and oxygen atoms in total. The largest absolute Gasteiger partial charge is 0.368 e. The fourth-order valence-corrected chi connectivity index (χ4v) is 2.98. The van der Waals surface area contributed by atoms with Crippen LogP contribution >= 0.6 is 11.6 Å². The van der Waals surface area contributed by atoms with Crippen LogP contribution in [0.4, 0.5) is 11.6 Å². The van der Waals surface area contributed by atoms with Gasteiger partial charge in [-0.05, 0) is 43.2 Å². The lowest BCUT2D eigenvalue weighted by Crippen LogP contribution is -2.12. The topological polar surface area (TPSA) is 80.9 Å². The second-order valence-corrected chi connectivity index (χ2v) is 6.66. The summed E-state index contributed by atoms with van der Waals surface area (Å²) in [5, 5.41) is 4.33. The number of unbranched alkanes of at least 4 members (excludes halogenated alkanes) is 1. The van der Waals surface area contributed by atoms with E-state index in [0.29, 0.717) is 35.5 Å². The number of nitrogens with one attached hydrogen (secondary N) is 1. The van der Waals surface area contributed by atoms with Crippen LogP contribution in [0, 0.1) is 19.3 Å². The van der Waals surface area contributed by atoms with E-state index in [-0.39, 0.29) is 11.9 Å². The maximum Gasteiger partial charge on any atom is 0.224 e. The van der Waals surface area contributed by atoms with E-state index in [1.807, 2.05) is 37.3 Å². The number of aromatic nitrogens is 2. The van der Waals surface area contributed by atoms with E-state index in [1.165, 1.54) is 0 Å². The van der Waals surface area contributed by atoms with Gasteiger partial charge >= 0.3 is 0 Å². The number of amides is 1. The van der Waals surface area contributed by atoms with E-state index in [1.54, 1.807) is 6.07 Å². The Balaban J connectivity index is 1.99. The molecule has 0 aliphatic heterocycles. The molecule has 0 saturated heterocycles. The van der Waals surface area contributed by atoms with Crippen LogP contribution in [0.1, 0.15) is 24.8 Å². The van der Waals surface area contributed by atoms with Gasteiger partial charge in [0.1, 0.15) is 0 Å². The molecule has 6 heteroatoms. The molecule has 3 N–H and O–H groups in total. The molecule has 2 aromatic carbocycles. The SMILES string of the molecule is C#CCCCC(=O)Nc1cc(-c2nc(N)nc3ccc(Cl)cc23)ccc1C. The molecule has 0 spiro atoms. The maximum absolute atomic E-state index is 12.2. The molecule has 0 radical (unpaired) electrons. The highest BCUT2D eigenvalue weighted by Gasteiger charge is 2.12. The van der Waals surface area contributed by atoms with E-state index in [2.05, 4.69) is 21.2 Å². The predicted molar refractivity (Wildman–Crippen MR) is 110 cm³/mol. The Hall–Kier alpha value is -3.10. The Bertz CT molecular complexity index is 1060. The van der Waals surface area contributed by atoms with E-state index in [0.717, 1.165) is 22.2 Å². The second kappa shape index (κ2) is 8.07. The fraction of sp³-hybridized carbons (Fsp3) is 0.190. The molecule has 0 bridgehead atoms. The van der Waals surface area contributed by atoms with Crippen molar-refractivity contribution in [2.24, 2.45) is 0 Å². The molecule has 1 heterocycles. The summed E-state index contributed by atoms with van der Waals surface area (Å²) in [6.07, 6.45) is 6.85. The number of rotatable bonds is 5. The molecule has 0 aliphatic rings. The van der Waals surface area contributed by atoms with Crippen LogP contribution in [0.15, 0.2) is 36.4 Å². The number of terminal acetylenes is 1. The van der Waals surface area contributed by atoms with Crippen LogP contribution in [0.2, 0.25) is 5.02 Å². The minimum absolute atomic E-state index is 0.0689. The van der Waals surface area contributed by atoms with Crippen molar-refractivity contribution >= 4 is 40.0 Å². The summed E-state index contributed by atoms with van der Waals surface area (Å²) in [6, 6.07) is 11.1. The summed E-state index contributed by atoms with van der Waals surface area (Å²) in [5.74, 6) is 2.65. The van der Waals surface area contributed by atoms with Crippen LogP contribution in [0.25, 0.3) is 22.2 Å². The smallest absolute Gasteiger partial charge is 0.224 e. The summed E-state index contributed by atoms with van der Waals surface area (Å²) < 4.78 is 0. The van der Waals surface area contributed by atoms with Crippen molar-refractivity contribution in [2.75, 3.05) is 11.1 Å². The highest BCUT2D eigenvalue weighted by atomic mass is 35.5. The first-order valence-corrected chi connectivity index (χ1v) is 8.93. The van der Waals surface area contributed by atoms with Gasteiger partial charge in [0, 0.05) is 34.5 Å². The Morgan fingerprint density at radius 3 is 2.85 bits per heavy atom. The van der Waals surface area contributed by atoms with Crippen molar-refractivity contribution in [3.05, 3.63) is 47.0 Å². The van der Waals surface area contributed by atoms with E-state index >= 15 is 0 Å². The van der Waals surface area contributed by atoms with Crippen LogP contribution in [-0.4, -0.2) is 15.9 Å². The van der Waals surface area contributed by atoms with Gasteiger partial charge in [0.25, 0.3) is 0 Å². The number of anilines is 2. The first-order chi connectivity index (χ1) is 13.0. The zero-order chi connectivity index (χ0) is 19.4. The number of carbonyl (C=O) groups is 1. The molecule has 0 fully saturated rings. The standard InChI is InChI=1S/C21H19ClN4O/c1-3-4-5-6-19(27)24-18-11-14(8-7-13(18)2)20-16-12-15(22)9-10-17(16)25-21(23)26-20/h1,7-12H,4-6H2,2H3,(H,24,27)(H2,23,25,26). The molecule has 1 amide bonds. The van der Waals surface area contributed by atoms with Crippen molar-refractivity contribution in [1.29, 1.82) is 0 Å². The molecule has 27 heavy (non-hydrogen) atoms. The zero-order valence-electron chi connectivity index (χ0n) is 14.9. The third kappa shape index (κ3) is 4.36. The molecule has 0 aliphatic carbocycles. The first kappa shape index (κ1) is 18.7. The molecule has 3 rings (SSSR count). The van der Waals surface area contributed by atoms with Gasteiger partial charge in [-0.3, -0.25) is 4.79 Å². The molecule has 0 saturated carbocycles. The number of aryl methyl sites for hydroxylation is 1. The third-order valence-corrected chi connectivity index (χ3v) is 4.42. The molecular weight excluding hydrogens is 360 g/mol. The number of nitrogens with two attached hydrogens (primary N) is 1. The van der Waals surface area contributed by atoms with Gasteiger partial charge in [-0.25, -0.2) is 9.97 Å². The monoisotopic (exact) mass is 378 g/mol. The first-order valence-electron chi connectivity index (χ1n) is 8.55. The molecule has 0 unspecified atom stereocenters. The lowest BCUT2D eigenvalue weighted by molar-refractivity contribution is -0.116. The second-order valence-electron chi connectivity index (χ2n) is 6.23. The minimum Gasteiger partial charge on any atom is -0.368 e. The summed E-state index contributed by atoms with van der Waals surface area (Å²) in [4.78, 5) is 20.8. The number of fused-ring (bicyclic) bond motifs is 1. The van der Waals surface area contributed by atoms with Crippen molar-refractivity contribution < 1.29 is 4.79 Å². The minimum atomic E-state index is -0.0689. The van der Waals surface area contributed by atoms with E-state index < -0.39 is 0 Å². The van der Waals surface area contributed by atoms with Gasteiger partial charge in [-0.2, -0.15) is 0 Å². The number of halogens is 1. The average molecular weight is 379 g/mol. The summed E-state index contributed by atoms with van der Waals surface area (Å²) in [5.41, 5.74) is 9.76. The van der Waals surface area contributed by atoms with Gasteiger partial charge in [0.15, 0.2) is 0 Å². The molecule has 3 aromatic rings. The maximum atomic E-state index is 12.2. The Labute approximate surface area is 163 Å². The van der Waals surface area contributed by atoms with Crippen LogP contribution < -0.4 is 11.1 Å². The number of nitrogens with zero attached hydrogens (tertiary/aromatic N) is 2. The van der Waals surface area contributed by atoms with E-state index in [4.69, 9.17) is 23.8 Å². The van der Waals surface area contributed by atoms with Gasteiger partial charge in [-0.15, -0.1) is 12.3 Å². The highest BCUT2D eigenvalue weighted by molar-refractivity contribution is 6.31. The summed E-state index contributed by atoms with van der Waals surface area (Å²) in [6.45, 7) is 1.93. The average Bonchev–Trinajstić information content (AvgIpc) is 2.63. The van der Waals surface area contributed by atoms with Crippen molar-refractivity contribution in [3.63, 3.8) is 0 Å². The van der Waals surface area contributed by atoms with Crippen LogP contribution in [0.5, 0.6) is 0 Å². The summed E-state index contributed by atoms with van der Waals surface area (Å²) >= 11 is 6.15. The van der Waals surface area contributed by atoms with Crippen molar-refractivity contribution in [2.45, 2.75) is 26.2 Å². The van der Waals surface area contributed by atoms with Crippen LogP contribution in [-0.2, 0) is 4.79 Å². The normalized spacial score (nSPS) is 10.6.